The van der Waals surface area contributed by atoms with Crippen molar-refractivity contribution in [3.05, 3.63) is 22.5 Å². The van der Waals surface area contributed by atoms with Crippen molar-refractivity contribution < 1.29 is 13.9 Å². The van der Waals surface area contributed by atoms with E-state index in [0.717, 1.165) is 32.4 Å². The molecule has 0 aromatic heterocycles. The van der Waals surface area contributed by atoms with E-state index in [0.29, 0.717) is 42.6 Å². The highest BCUT2D eigenvalue weighted by molar-refractivity contribution is 6.32. The lowest BCUT2D eigenvalue weighted by Crippen LogP contribution is -2.31. The molecule has 1 fully saturated rings. The Labute approximate surface area is 123 Å². The Morgan fingerprint density at radius 3 is 2.95 bits per heavy atom. The standard InChI is InChI=1S/C15H19ClFNO2/c16-13-14(17)11(7-10-3-1-4-18-9-10)8-12-15(13)20-6-2-5-19-12/h8,10,18H,1-7,9H2. The van der Waals surface area contributed by atoms with Crippen LogP contribution in [-0.4, -0.2) is 26.3 Å². The van der Waals surface area contributed by atoms with Gasteiger partial charge in [-0.25, -0.2) is 4.39 Å². The summed E-state index contributed by atoms with van der Waals surface area (Å²) in [6.07, 6.45) is 3.74. The van der Waals surface area contributed by atoms with Gasteiger partial charge in [0.2, 0.25) is 0 Å². The molecule has 1 saturated heterocycles. The summed E-state index contributed by atoms with van der Waals surface area (Å²) >= 11 is 6.11. The second-order valence-corrected chi connectivity index (χ2v) is 5.84. The molecule has 1 atom stereocenters. The number of ether oxygens (including phenoxy) is 2. The molecule has 0 saturated carbocycles. The van der Waals surface area contributed by atoms with Crippen molar-refractivity contribution >= 4 is 11.6 Å². The first-order valence-corrected chi connectivity index (χ1v) is 7.60. The molecule has 2 aliphatic rings. The monoisotopic (exact) mass is 299 g/mol. The van der Waals surface area contributed by atoms with Crippen molar-refractivity contribution in [1.29, 1.82) is 0 Å². The van der Waals surface area contributed by atoms with Gasteiger partial charge in [0.05, 0.1) is 13.2 Å². The zero-order valence-corrected chi connectivity index (χ0v) is 12.1. The van der Waals surface area contributed by atoms with E-state index in [1.165, 1.54) is 0 Å². The SMILES string of the molecule is Fc1c(CC2CCCNC2)cc2c(c1Cl)OCCCO2. The molecule has 1 unspecified atom stereocenters. The summed E-state index contributed by atoms with van der Waals surface area (Å²) in [7, 11) is 0. The fourth-order valence-electron chi connectivity index (χ4n) is 2.85. The predicted octanol–water partition coefficient (Wildman–Crippen LogP) is 3.18. The van der Waals surface area contributed by atoms with Gasteiger partial charge >= 0.3 is 0 Å². The summed E-state index contributed by atoms with van der Waals surface area (Å²) in [6.45, 7) is 3.09. The Bertz CT molecular complexity index is 489. The van der Waals surface area contributed by atoms with Crippen LogP contribution >= 0.6 is 11.6 Å². The highest BCUT2D eigenvalue weighted by Gasteiger charge is 2.23. The summed E-state index contributed by atoms with van der Waals surface area (Å²) in [4.78, 5) is 0. The third-order valence-corrected chi connectivity index (χ3v) is 4.24. The molecule has 1 aromatic carbocycles. The van der Waals surface area contributed by atoms with Crippen LogP contribution in [0.3, 0.4) is 0 Å². The van der Waals surface area contributed by atoms with E-state index in [-0.39, 0.29) is 10.8 Å². The van der Waals surface area contributed by atoms with E-state index in [4.69, 9.17) is 21.1 Å². The maximum absolute atomic E-state index is 14.4. The molecule has 3 rings (SSSR count). The Hall–Kier alpha value is -1.00. The van der Waals surface area contributed by atoms with Gasteiger partial charge in [-0.2, -0.15) is 0 Å². The average molecular weight is 300 g/mol. The maximum Gasteiger partial charge on any atom is 0.182 e. The Balaban J connectivity index is 1.86. The van der Waals surface area contributed by atoms with Crippen molar-refractivity contribution in [2.75, 3.05) is 26.3 Å². The first-order valence-electron chi connectivity index (χ1n) is 7.23. The Morgan fingerprint density at radius 2 is 2.15 bits per heavy atom. The summed E-state index contributed by atoms with van der Waals surface area (Å²) in [5.74, 6) is 1.03. The van der Waals surface area contributed by atoms with Crippen molar-refractivity contribution in [2.45, 2.75) is 25.7 Å². The number of hydrogen-bond donors (Lipinski definition) is 1. The fourth-order valence-corrected chi connectivity index (χ4v) is 3.12. The summed E-state index contributed by atoms with van der Waals surface area (Å²) in [5.41, 5.74) is 0.632. The van der Waals surface area contributed by atoms with Crippen molar-refractivity contribution in [1.82, 2.24) is 5.32 Å². The lowest BCUT2D eigenvalue weighted by Gasteiger charge is -2.23. The second kappa shape index (κ2) is 6.19. The Morgan fingerprint density at radius 1 is 1.30 bits per heavy atom. The van der Waals surface area contributed by atoms with E-state index >= 15 is 0 Å². The normalized spacial score (nSPS) is 22.4. The van der Waals surface area contributed by atoms with E-state index in [1.54, 1.807) is 6.07 Å². The lowest BCUT2D eigenvalue weighted by atomic mass is 9.92. The minimum Gasteiger partial charge on any atom is -0.489 e. The first-order chi connectivity index (χ1) is 9.75. The molecule has 0 aliphatic carbocycles. The number of benzene rings is 1. The first kappa shape index (κ1) is 14.0. The molecule has 0 spiro atoms. The second-order valence-electron chi connectivity index (χ2n) is 5.46. The Kier molecular flexibility index (Phi) is 4.32. The van der Waals surface area contributed by atoms with Crippen LogP contribution in [0.2, 0.25) is 5.02 Å². The van der Waals surface area contributed by atoms with E-state index in [9.17, 15) is 4.39 Å². The smallest absolute Gasteiger partial charge is 0.182 e. The van der Waals surface area contributed by atoms with Crippen molar-refractivity contribution in [2.24, 2.45) is 5.92 Å². The summed E-state index contributed by atoms with van der Waals surface area (Å²) < 4.78 is 25.5. The molecule has 110 valence electrons. The van der Waals surface area contributed by atoms with Crippen LogP contribution in [0.4, 0.5) is 4.39 Å². The molecular formula is C15H19ClFNO2. The van der Waals surface area contributed by atoms with E-state index in [2.05, 4.69) is 5.32 Å². The van der Waals surface area contributed by atoms with Crippen LogP contribution < -0.4 is 14.8 Å². The van der Waals surface area contributed by atoms with Gasteiger partial charge in [-0.1, -0.05) is 11.6 Å². The van der Waals surface area contributed by atoms with Gasteiger partial charge < -0.3 is 14.8 Å². The van der Waals surface area contributed by atoms with Crippen LogP contribution in [0, 0.1) is 11.7 Å². The molecule has 0 bridgehead atoms. The highest BCUT2D eigenvalue weighted by Crippen LogP contribution is 2.41. The van der Waals surface area contributed by atoms with Crippen LogP contribution in [0.5, 0.6) is 11.5 Å². The summed E-state index contributed by atoms with van der Waals surface area (Å²) in [6, 6.07) is 1.76. The number of hydrogen-bond acceptors (Lipinski definition) is 3. The number of piperidine rings is 1. The van der Waals surface area contributed by atoms with Gasteiger partial charge in [0.1, 0.15) is 10.8 Å². The molecular weight excluding hydrogens is 281 g/mol. The number of halogens is 2. The molecule has 5 heteroatoms. The zero-order chi connectivity index (χ0) is 13.9. The summed E-state index contributed by atoms with van der Waals surface area (Å²) in [5, 5.41) is 3.41. The average Bonchev–Trinajstić information content (AvgIpc) is 2.71. The molecule has 2 aliphatic heterocycles. The zero-order valence-electron chi connectivity index (χ0n) is 11.4. The molecule has 1 aromatic rings. The van der Waals surface area contributed by atoms with Gasteiger partial charge in [-0.05, 0) is 49.9 Å². The molecule has 1 N–H and O–H groups in total. The molecule has 0 amide bonds. The molecule has 2 heterocycles. The van der Waals surface area contributed by atoms with Gasteiger partial charge in [0.25, 0.3) is 0 Å². The van der Waals surface area contributed by atoms with E-state index in [1.807, 2.05) is 0 Å². The molecule has 3 nitrogen and oxygen atoms in total. The number of fused-ring (bicyclic) bond motifs is 1. The van der Waals surface area contributed by atoms with Gasteiger partial charge in [0.15, 0.2) is 11.5 Å². The number of rotatable bonds is 2. The van der Waals surface area contributed by atoms with Gasteiger partial charge in [-0.15, -0.1) is 0 Å². The largest absolute Gasteiger partial charge is 0.489 e. The fraction of sp³-hybridized carbons (Fsp3) is 0.600. The number of nitrogens with one attached hydrogen (secondary N) is 1. The minimum atomic E-state index is -0.360. The van der Waals surface area contributed by atoms with Crippen LogP contribution in [0.25, 0.3) is 0 Å². The lowest BCUT2D eigenvalue weighted by molar-refractivity contribution is 0.296. The highest BCUT2D eigenvalue weighted by atomic mass is 35.5. The maximum atomic E-state index is 14.4. The third kappa shape index (κ3) is 2.86. The quantitative estimate of drug-likeness (QED) is 0.910. The van der Waals surface area contributed by atoms with Gasteiger partial charge in [0, 0.05) is 6.42 Å². The van der Waals surface area contributed by atoms with Crippen LogP contribution in [0.1, 0.15) is 24.8 Å². The van der Waals surface area contributed by atoms with Crippen molar-refractivity contribution in [3.63, 3.8) is 0 Å². The van der Waals surface area contributed by atoms with Gasteiger partial charge in [-0.3, -0.25) is 0 Å². The topological polar surface area (TPSA) is 30.5 Å². The van der Waals surface area contributed by atoms with Crippen molar-refractivity contribution in [3.8, 4) is 11.5 Å². The predicted molar refractivity (Wildman–Crippen MR) is 76.3 cm³/mol. The third-order valence-electron chi connectivity index (χ3n) is 3.90. The van der Waals surface area contributed by atoms with Crippen LogP contribution in [-0.2, 0) is 6.42 Å². The molecule has 20 heavy (non-hydrogen) atoms. The van der Waals surface area contributed by atoms with E-state index < -0.39 is 0 Å². The van der Waals surface area contributed by atoms with Crippen LogP contribution in [0.15, 0.2) is 6.07 Å². The molecule has 0 radical (unpaired) electrons. The minimum absolute atomic E-state index is 0.0585.